The molecule has 0 bridgehead atoms. The SMILES string of the molecule is CCC(Oc1cccc(Cl)c1)C(=O)Nc1ccc2c(c1)OCO2. The maximum atomic E-state index is 12.4. The first kappa shape index (κ1) is 15.5. The van der Waals surface area contributed by atoms with Crippen molar-refractivity contribution >= 4 is 23.2 Å². The lowest BCUT2D eigenvalue weighted by molar-refractivity contribution is -0.122. The Morgan fingerprint density at radius 3 is 2.87 bits per heavy atom. The number of rotatable bonds is 5. The van der Waals surface area contributed by atoms with E-state index >= 15 is 0 Å². The molecule has 23 heavy (non-hydrogen) atoms. The molecule has 0 saturated heterocycles. The maximum absolute atomic E-state index is 12.4. The summed E-state index contributed by atoms with van der Waals surface area (Å²) in [5.41, 5.74) is 0.632. The van der Waals surface area contributed by atoms with Crippen molar-refractivity contribution in [2.75, 3.05) is 12.1 Å². The highest BCUT2D eigenvalue weighted by Crippen LogP contribution is 2.34. The molecule has 1 amide bonds. The van der Waals surface area contributed by atoms with Crippen molar-refractivity contribution in [3.05, 3.63) is 47.5 Å². The monoisotopic (exact) mass is 333 g/mol. The number of carbonyl (C=O) groups excluding carboxylic acids is 1. The van der Waals surface area contributed by atoms with Crippen molar-refractivity contribution in [3.63, 3.8) is 0 Å². The molecule has 1 atom stereocenters. The summed E-state index contributed by atoms with van der Waals surface area (Å²) in [7, 11) is 0. The van der Waals surface area contributed by atoms with Gasteiger partial charge in [-0.25, -0.2) is 0 Å². The van der Waals surface area contributed by atoms with Crippen LogP contribution in [0.15, 0.2) is 42.5 Å². The molecule has 1 aliphatic rings. The Balaban J connectivity index is 1.68. The van der Waals surface area contributed by atoms with E-state index in [0.717, 1.165) is 0 Å². The third kappa shape index (κ3) is 3.68. The molecule has 120 valence electrons. The third-order valence-electron chi connectivity index (χ3n) is 3.38. The summed E-state index contributed by atoms with van der Waals surface area (Å²) in [5.74, 6) is 1.62. The van der Waals surface area contributed by atoms with Gasteiger partial charge in [0.1, 0.15) is 5.75 Å². The van der Waals surface area contributed by atoms with Crippen molar-refractivity contribution in [1.29, 1.82) is 0 Å². The fourth-order valence-corrected chi connectivity index (χ4v) is 2.40. The van der Waals surface area contributed by atoms with E-state index in [-0.39, 0.29) is 12.7 Å². The van der Waals surface area contributed by atoms with E-state index in [4.69, 9.17) is 25.8 Å². The Morgan fingerprint density at radius 2 is 2.09 bits per heavy atom. The van der Waals surface area contributed by atoms with Crippen LogP contribution in [0.5, 0.6) is 17.2 Å². The van der Waals surface area contributed by atoms with E-state index in [9.17, 15) is 4.79 Å². The molecule has 6 heteroatoms. The second-order valence-corrected chi connectivity index (χ2v) is 5.47. The van der Waals surface area contributed by atoms with E-state index in [1.165, 1.54) is 0 Å². The lowest BCUT2D eigenvalue weighted by atomic mass is 10.2. The van der Waals surface area contributed by atoms with Gasteiger partial charge in [0.15, 0.2) is 17.6 Å². The zero-order chi connectivity index (χ0) is 16.2. The molecule has 1 aliphatic heterocycles. The topological polar surface area (TPSA) is 56.8 Å². The van der Waals surface area contributed by atoms with Crippen LogP contribution in [0, 0.1) is 0 Å². The number of nitrogens with one attached hydrogen (secondary N) is 1. The van der Waals surface area contributed by atoms with E-state index in [2.05, 4.69) is 5.32 Å². The minimum atomic E-state index is -0.612. The van der Waals surface area contributed by atoms with Crippen LogP contribution in [-0.2, 0) is 4.79 Å². The Labute approximate surface area is 139 Å². The normalized spacial score (nSPS) is 13.5. The molecule has 1 N–H and O–H groups in total. The molecule has 5 nitrogen and oxygen atoms in total. The zero-order valence-corrected chi connectivity index (χ0v) is 13.3. The number of hydrogen-bond donors (Lipinski definition) is 1. The average molecular weight is 334 g/mol. The summed E-state index contributed by atoms with van der Waals surface area (Å²) < 4.78 is 16.3. The zero-order valence-electron chi connectivity index (χ0n) is 12.5. The van der Waals surface area contributed by atoms with Gasteiger partial charge in [-0.05, 0) is 36.8 Å². The first-order chi connectivity index (χ1) is 11.2. The molecule has 2 aromatic rings. The number of amides is 1. The Kier molecular flexibility index (Phi) is 4.57. The molecule has 1 unspecified atom stereocenters. The van der Waals surface area contributed by atoms with Crippen molar-refractivity contribution in [3.8, 4) is 17.2 Å². The number of ether oxygens (including phenoxy) is 3. The summed E-state index contributed by atoms with van der Waals surface area (Å²) in [6.07, 6.45) is -0.0815. The third-order valence-corrected chi connectivity index (χ3v) is 3.61. The lowest BCUT2D eigenvalue weighted by Gasteiger charge is -2.17. The van der Waals surface area contributed by atoms with Gasteiger partial charge in [-0.15, -0.1) is 0 Å². The van der Waals surface area contributed by atoms with Crippen molar-refractivity contribution in [1.82, 2.24) is 0 Å². The van der Waals surface area contributed by atoms with Gasteiger partial charge in [-0.2, -0.15) is 0 Å². The van der Waals surface area contributed by atoms with Crippen LogP contribution in [0.3, 0.4) is 0 Å². The molecule has 0 radical (unpaired) electrons. The summed E-state index contributed by atoms with van der Waals surface area (Å²) in [6.45, 7) is 2.08. The predicted octanol–water partition coefficient (Wildman–Crippen LogP) is 3.86. The molecular weight excluding hydrogens is 318 g/mol. The van der Waals surface area contributed by atoms with Crippen LogP contribution < -0.4 is 19.5 Å². The summed E-state index contributed by atoms with van der Waals surface area (Å²) in [5, 5.41) is 3.39. The fraction of sp³-hybridized carbons (Fsp3) is 0.235. The highest BCUT2D eigenvalue weighted by Gasteiger charge is 2.20. The molecular formula is C17H16ClNO4. The predicted molar refractivity (Wildman–Crippen MR) is 87.4 cm³/mol. The van der Waals surface area contributed by atoms with Crippen LogP contribution in [-0.4, -0.2) is 18.8 Å². The van der Waals surface area contributed by atoms with E-state index < -0.39 is 6.10 Å². The van der Waals surface area contributed by atoms with Crippen LogP contribution >= 0.6 is 11.6 Å². The number of carbonyl (C=O) groups is 1. The average Bonchev–Trinajstić information content (AvgIpc) is 3.00. The van der Waals surface area contributed by atoms with Gasteiger partial charge in [0.25, 0.3) is 5.91 Å². The van der Waals surface area contributed by atoms with E-state index in [0.29, 0.717) is 34.4 Å². The van der Waals surface area contributed by atoms with Crippen LogP contribution in [0.1, 0.15) is 13.3 Å². The van der Waals surface area contributed by atoms with E-state index in [1.54, 1.807) is 42.5 Å². The molecule has 0 aromatic heterocycles. The fourth-order valence-electron chi connectivity index (χ4n) is 2.22. The smallest absolute Gasteiger partial charge is 0.265 e. The van der Waals surface area contributed by atoms with Gasteiger partial charge in [-0.1, -0.05) is 24.6 Å². The summed E-state index contributed by atoms with van der Waals surface area (Å²) >= 11 is 5.93. The quantitative estimate of drug-likeness (QED) is 0.902. The van der Waals surface area contributed by atoms with Crippen LogP contribution in [0.25, 0.3) is 0 Å². The second-order valence-electron chi connectivity index (χ2n) is 5.03. The van der Waals surface area contributed by atoms with Crippen molar-refractivity contribution < 1.29 is 19.0 Å². The van der Waals surface area contributed by atoms with Crippen molar-refractivity contribution in [2.24, 2.45) is 0 Å². The standard InChI is InChI=1S/C17H16ClNO4/c1-2-14(23-13-5-3-4-11(18)8-13)17(20)19-12-6-7-15-16(9-12)22-10-21-15/h3-9,14H,2,10H2,1H3,(H,19,20). The highest BCUT2D eigenvalue weighted by molar-refractivity contribution is 6.30. The molecule has 0 fully saturated rings. The minimum Gasteiger partial charge on any atom is -0.481 e. The molecule has 0 aliphatic carbocycles. The molecule has 0 spiro atoms. The Bertz CT molecular complexity index is 719. The molecule has 1 heterocycles. The van der Waals surface area contributed by atoms with Crippen molar-refractivity contribution in [2.45, 2.75) is 19.4 Å². The Morgan fingerprint density at radius 1 is 1.26 bits per heavy atom. The van der Waals surface area contributed by atoms with Gasteiger partial charge in [0.05, 0.1) is 0 Å². The Hall–Kier alpha value is -2.40. The number of fused-ring (bicyclic) bond motifs is 1. The van der Waals surface area contributed by atoms with Gasteiger partial charge in [0.2, 0.25) is 6.79 Å². The molecule has 0 saturated carbocycles. The largest absolute Gasteiger partial charge is 0.481 e. The molecule has 2 aromatic carbocycles. The number of halogens is 1. The highest BCUT2D eigenvalue weighted by atomic mass is 35.5. The van der Waals surface area contributed by atoms with Crippen LogP contribution in [0.2, 0.25) is 5.02 Å². The summed E-state index contributed by atoms with van der Waals surface area (Å²) in [4.78, 5) is 12.4. The minimum absolute atomic E-state index is 0.197. The second kappa shape index (κ2) is 6.79. The van der Waals surface area contributed by atoms with Gasteiger partial charge >= 0.3 is 0 Å². The first-order valence-electron chi connectivity index (χ1n) is 7.28. The lowest BCUT2D eigenvalue weighted by Crippen LogP contribution is -2.32. The van der Waals surface area contributed by atoms with E-state index in [1.807, 2.05) is 6.92 Å². The number of benzene rings is 2. The van der Waals surface area contributed by atoms with Gasteiger partial charge < -0.3 is 19.5 Å². The molecule has 3 rings (SSSR count). The number of hydrogen-bond acceptors (Lipinski definition) is 4. The summed E-state index contributed by atoms with van der Waals surface area (Å²) in [6, 6.07) is 12.2. The first-order valence-corrected chi connectivity index (χ1v) is 7.66. The van der Waals surface area contributed by atoms with Gasteiger partial charge in [0, 0.05) is 16.8 Å². The van der Waals surface area contributed by atoms with Crippen LogP contribution in [0.4, 0.5) is 5.69 Å². The maximum Gasteiger partial charge on any atom is 0.265 e. The van der Waals surface area contributed by atoms with Gasteiger partial charge in [-0.3, -0.25) is 4.79 Å². The number of anilines is 1.